The van der Waals surface area contributed by atoms with Gasteiger partial charge in [-0.1, -0.05) is 30.3 Å². The zero-order valence-electron chi connectivity index (χ0n) is 17.7. The smallest absolute Gasteiger partial charge is 0.408 e. The summed E-state index contributed by atoms with van der Waals surface area (Å²) in [5.41, 5.74) is 4.18. The van der Waals surface area contributed by atoms with Crippen LogP contribution in [0.4, 0.5) is 0 Å². The maximum atomic E-state index is 12.7. The number of rotatable bonds is 5. The second-order valence-electron chi connectivity index (χ2n) is 8.46. The summed E-state index contributed by atoms with van der Waals surface area (Å²) in [7, 11) is 1.68. The molecule has 8 heteroatoms. The molecular weight excluding hydrogens is 408 g/mol. The van der Waals surface area contributed by atoms with Gasteiger partial charge in [0.05, 0.1) is 17.7 Å². The Kier molecular flexibility index (Phi) is 5.29. The van der Waals surface area contributed by atoms with E-state index in [0.29, 0.717) is 12.0 Å². The van der Waals surface area contributed by atoms with E-state index >= 15 is 0 Å². The molecule has 2 fully saturated rings. The number of oxazole rings is 1. The number of aromatic nitrogens is 1. The van der Waals surface area contributed by atoms with Crippen LogP contribution >= 0.6 is 0 Å². The molecule has 2 bridgehead atoms. The minimum Gasteiger partial charge on any atom is -0.408 e. The highest BCUT2D eigenvalue weighted by atomic mass is 16.5. The minimum absolute atomic E-state index is 0.0273. The van der Waals surface area contributed by atoms with Crippen molar-refractivity contribution >= 4 is 17.0 Å². The lowest BCUT2D eigenvalue weighted by atomic mass is 10.00. The molecule has 0 radical (unpaired) electrons. The van der Waals surface area contributed by atoms with Gasteiger partial charge in [0.15, 0.2) is 11.7 Å². The van der Waals surface area contributed by atoms with Gasteiger partial charge in [0.25, 0.3) is 5.91 Å². The Morgan fingerprint density at radius 3 is 2.81 bits per heavy atom. The van der Waals surface area contributed by atoms with Crippen LogP contribution in [0.5, 0.6) is 0 Å². The van der Waals surface area contributed by atoms with E-state index in [1.807, 2.05) is 36.4 Å². The molecule has 1 aromatic heterocycles. The molecule has 8 nitrogen and oxygen atoms in total. The molecule has 2 aromatic carbocycles. The first-order valence-corrected chi connectivity index (χ1v) is 10.8. The Morgan fingerprint density at radius 1 is 1.28 bits per heavy atom. The maximum Gasteiger partial charge on any atom is 0.419 e. The van der Waals surface area contributed by atoms with Crippen LogP contribution in [0.15, 0.2) is 51.7 Å². The lowest BCUT2D eigenvalue weighted by Gasteiger charge is -2.20. The van der Waals surface area contributed by atoms with Crippen molar-refractivity contribution in [2.75, 3.05) is 6.54 Å². The lowest BCUT2D eigenvalue weighted by molar-refractivity contribution is -0.132. The first kappa shape index (κ1) is 20.5. The number of aryl methyl sites for hydroxylation is 1. The van der Waals surface area contributed by atoms with Gasteiger partial charge in [0.2, 0.25) is 0 Å². The summed E-state index contributed by atoms with van der Waals surface area (Å²) in [6.45, 7) is 0.858. The predicted octanol–water partition coefficient (Wildman–Crippen LogP) is 1.87. The molecule has 0 saturated carbocycles. The van der Waals surface area contributed by atoms with Crippen LogP contribution in [0, 0.1) is 11.3 Å². The second kappa shape index (κ2) is 8.26. The van der Waals surface area contributed by atoms with Crippen LogP contribution < -0.4 is 16.4 Å². The fraction of sp³-hybridized carbons (Fsp3) is 0.375. The SMILES string of the molecule is Cn1c(=O)oc2ccc(-c3ccc(C[C@@H](C#N)NC(=O)[C@H]4OC5CCNC4C5)cc3)cc21. The van der Waals surface area contributed by atoms with Crippen LogP contribution in [0.1, 0.15) is 18.4 Å². The number of amides is 1. The van der Waals surface area contributed by atoms with E-state index in [9.17, 15) is 14.9 Å². The van der Waals surface area contributed by atoms with Gasteiger partial charge in [0, 0.05) is 19.5 Å². The van der Waals surface area contributed by atoms with Gasteiger partial charge in [-0.05, 0) is 48.2 Å². The van der Waals surface area contributed by atoms with Gasteiger partial charge >= 0.3 is 5.76 Å². The van der Waals surface area contributed by atoms with Crippen LogP contribution in [-0.4, -0.2) is 41.3 Å². The van der Waals surface area contributed by atoms with E-state index < -0.39 is 12.1 Å². The number of hydrogen-bond donors (Lipinski definition) is 2. The molecule has 164 valence electrons. The van der Waals surface area contributed by atoms with Gasteiger partial charge in [-0.2, -0.15) is 5.26 Å². The quantitative estimate of drug-likeness (QED) is 0.637. The number of carbonyl (C=O) groups is 1. The fourth-order valence-electron chi connectivity index (χ4n) is 4.57. The average molecular weight is 432 g/mol. The van der Waals surface area contributed by atoms with Crippen molar-refractivity contribution in [3.05, 3.63) is 58.6 Å². The highest BCUT2D eigenvalue weighted by Gasteiger charge is 2.42. The van der Waals surface area contributed by atoms with Crippen LogP contribution in [-0.2, 0) is 23.0 Å². The van der Waals surface area contributed by atoms with Crippen molar-refractivity contribution in [3.8, 4) is 17.2 Å². The summed E-state index contributed by atoms with van der Waals surface area (Å²) in [6, 6.07) is 15.0. The molecule has 1 amide bonds. The second-order valence-corrected chi connectivity index (χ2v) is 8.46. The summed E-state index contributed by atoms with van der Waals surface area (Å²) >= 11 is 0. The van der Waals surface area contributed by atoms with Gasteiger partial charge in [0.1, 0.15) is 6.04 Å². The monoisotopic (exact) mass is 432 g/mol. The number of nitrogens with one attached hydrogen (secondary N) is 2. The third kappa shape index (κ3) is 3.81. The summed E-state index contributed by atoms with van der Waals surface area (Å²) in [6.07, 6.45) is 1.77. The van der Waals surface area contributed by atoms with E-state index in [-0.39, 0.29) is 23.8 Å². The van der Waals surface area contributed by atoms with E-state index in [2.05, 4.69) is 16.7 Å². The van der Waals surface area contributed by atoms with Crippen molar-refractivity contribution < 1.29 is 13.9 Å². The zero-order chi connectivity index (χ0) is 22.2. The van der Waals surface area contributed by atoms with E-state index in [4.69, 9.17) is 9.15 Å². The van der Waals surface area contributed by atoms with E-state index in [1.54, 1.807) is 13.1 Å². The normalized spacial score (nSPS) is 23.1. The molecule has 3 aromatic rings. The van der Waals surface area contributed by atoms with Crippen molar-refractivity contribution in [2.45, 2.75) is 43.6 Å². The molecule has 0 aliphatic carbocycles. The number of benzene rings is 2. The van der Waals surface area contributed by atoms with Gasteiger partial charge in [-0.3, -0.25) is 9.36 Å². The molecule has 2 unspecified atom stereocenters. The molecular formula is C24H24N4O4. The van der Waals surface area contributed by atoms with Crippen LogP contribution in [0.25, 0.3) is 22.2 Å². The fourth-order valence-corrected chi connectivity index (χ4v) is 4.57. The Hall–Kier alpha value is -3.41. The maximum absolute atomic E-state index is 12.7. The first-order chi connectivity index (χ1) is 15.5. The number of nitrogens with zero attached hydrogens (tertiary/aromatic N) is 2. The number of carbonyl (C=O) groups excluding carboxylic acids is 1. The third-order valence-electron chi connectivity index (χ3n) is 6.34. The molecule has 0 spiro atoms. The van der Waals surface area contributed by atoms with E-state index in [1.165, 1.54) is 4.57 Å². The van der Waals surface area contributed by atoms with Crippen LogP contribution in [0.3, 0.4) is 0 Å². The highest BCUT2D eigenvalue weighted by molar-refractivity contribution is 5.83. The number of nitriles is 1. The predicted molar refractivity (Wildman–Crippen MR) is 118 cm³/mol. The standard InChI is InChI=1S/C24H24N4O4/c1-28-20-11-16(6-7-21(20)32-24(28)30)15-4-2-14(3-5-15)10-17(13-25)27-23(29)22-19-12-18(31-22)8-9-26-19/h2-7,11,17-19,22,26H,8-10,12H2,1H3,(H,27,29)/t17-,18?,19?,22-/m0/s1. The average Bonchev–Trinajstić information content (AvgIpc) is 3.27. The third-order valence-corrected chi connectivity index (χ3v) is 6.34. The molecule has 4 atom stereocenters. The molecule has 2 N–H and O–H groups in total. The minimum atomic E-state index is -0.630. The summed E-state index contributed by atoms with van der Waals surface area (Å²) in [5.74, 6) is -0.617. The van der Waals surface area contributed by atoms with Gasteiger partial charge in [-0.15, -0.1) is 0 Å². The highest BCUT2D eigenvalue weighted by Crippen LogP contribution is 2.27. The van der Waals surface area contributed by atoms with E-state index in [0.717, 1.165) is 41.6 Å². The van der Waals surface area contributed by atoms with Crippen molar-refractivity contribution in [1.82, 2.24) is 15.2 Å². The number of fused-ring (bicyclic) bond motifs is 3. The Labute approximate surface area is 184 Å². The largest absolute Gasteiger partial charge is 0.419 e. The van der Waals surface area contributed by atoms with Gasteiger partial charge in [-0.25, -0.2) is 4.79 Å². The zero-order valence-corrected chi connectivity index (χ0v) is 17.7. The Bertz CT molecular complexity index is 1250. The number of ether oxygens (including phenoxy) is 1. The molecule has 3 heterocycles. The van der Waals surface area contributed by atoms with Crippen LogP contribution in [0.2, 0.25) is 0 Å². The molecule has 2 saturated heterocycles. The van der Waals surface area contributed by atoms with Gasteiger partial charge < -0.3 is 19.8 Å². The van der Waals surface area contributed by atoms with Crippen molar-refractivity contribution in [2.24, 2.45) is 7.05 Å². The molecule has 32 heavy (non-hydrogen) atoms. The summed E-state index contributed by atoms with van der Waals surface area (Å²) in [4.78, 5) is 24.4. The molecule has 2 aliphatic heterocycles. The number of piperidine rings is 1. The lowest BCUT2D eigenvalue weighted by Crippen LogP contribution is -2.49. The van der Waals surface area contributed by atoms with Crippen molar-refractivity contribution in [3.63, 3.8) is 0 Å². The molecule has 5 rings (SSSR count). The van der Waals surface area contributed by atoms with Crippen molar-refractivity contribution in [1.29, 1.82) is 5.26 Å². The Morgan fingerprint density at radius 2 is 2.06 bits per heavy atom. The summed E-state index contributed by atoms with van der Waals surface area (Å²) < 4.78 is 12.5. The topological polar surface area (TPSA) is 109 Å². The molecule has 2 aliphatic rings. The number of hydrogen-bond acceptors (Lipinski definition) is 6. The Balaban J connectivity index is 1.26. The first-order valence-electron chi connectivity index (χ1n) is 10.8. The summed E-state index contributed by atoms with van der Waals surface area (Å²) in [5, 5.41) is 15.7.